The Balaban J connectivity index is 1.67. The summed E-state index contributed by atoms with van der Waals surface area (Å²) in [6, 6.07) is 16.4. The van der Waals surface area contributed by atoms with Crippen molar-refractivity contribution in [1.82, 2.24) is 9.47 Å². The van der Waals surface area contributed by atoms with Gasteiger partial charge in [-0.15, -0.1) is 12.3 Å². The van der Waals surface area contributed by atoms with Gasteiger partial charge in [0.05, 0.1) is 12.6 Å². The predicted octanol–water partition coefficient (Wildman–Crippen LogP) is 4.99. The Kier molecular flexibility index (Phi) is 6.02. The lowest BCUT2D eigenvalue weighted by Gasteiger charge is -2.27. The molecule has 152 valence electrons. The zero-order valence-corrected chi connectivity index (χ0v) is 17.3. The summed E-state index contributed by atoms with van der Waals surface area (Å²) in [5, 5.41) is 1.04. The van der Waals surface area contributed by atoms with E-state index in [9.17, 15) is 4.79 Å². The Morgan fingerprint density at radius 1 is 1.20 bits per heavy atom. The first kappa shape index (κ1) is 20.0. The quantitative estimate of drug-likeness (QED) is 0.549. The topological polar surface area (TPSA) is 34.5 Å². The molecule has 3 aromatic rings. The van der Waals surface area contributed by atoms with Crippen molar-refractivity contribution in [2.75, 3.05) is 20.2 Å². The van der Waals surface area contributed by atoms with E-state index in [0.717, 1.165) is 48.3 Å². The average Bonchev–Trinajstić information content (AvgIpc) is 3.17. The fourth-order valence-corrected chi connectivity index (χ4v) is 4.08. The molecule has 2 aromatic carbocycles. The number of rotatable bonds is 6. The Labute approximate surface area is 177 Å². The van der Waals surface area contributed by atoms with Gasteiger partial charge in [-0.1, -0.05) is 36.4 Å². The van der Waals surface area contributed by atoms with Gasteiger partial charge in [-0.05, 0) is 35.8 Å². The lowest BCUT2D eigenvalue weighted by molar-refractivity contribution is 0.0910. The highest BCUT2D eigenvalue weighted by Gasteiger charge is 2.20. The second-order valence-corrected chi connectivity index (χ2v) is 7.61. The number of fused-ring (bicyclic) bond motifs is 1. The van der Waals surface area contributed by atoms with E-state index in [1.54, 1.807) is 11.7 Å². The molecule has 1 aliphatic rings. The molecular formula is C26H26N2O2. The fourth-order valence-electron chi connectivity index (χ4n) is 4.08. The summed E-state index contributed by atoms with van der Waals surface area (Å²) in [5.41, 5.74) is 4.55. The van der Waals surface area contributed by atoms with Crippen LogP contribution in [0, 0.1) is 12.3 Å². The Bertz CT molecular complexity index is 1120. The summed E-state index contributed by atoms with van der Waals surface area (Å²) in [5.74, 6) is 3.37. The third-order valence-corrected chi connectivity index (χ3v) is 5.59. The van der Waals surface area contributed by atoms with E-state index in [-0.39, 0.29) is 5.91 Å². The molecule has 0 unspecified atom stereocenters. The second kappa shape index (κ2) is 9.02. The van der Waals surface area contributed by atoms with Crippen LogP contribution in [0.3, 0.4) is 0 Å². The number of carbonyl (C=O) groups is 1. The maximum atomic E-state index is 12.8. The van der Waals surface area contributed by atoms with Crippen molar-refractivity contribution >= 4 is 22.4 Å². The molecule has 0 radical (unpaired) electrons. The van der Waals surface area contributed by atoms with E-state index in [1.165, 1.54) is 11.1 Å². The second-order valence-electron chi connectivity index (χ2n) is 7.61. The Morgan fingerprint density at radius 3 is 2.80 bits per heavy atom. The van der Waals surface area contributed by atoms with Crippen LogP contribution < -0.4 is 4.74 Å². The number of methoxy groups -OCH3 is 1. The molecule has 2 heterocycles. The number of nitrogens with zero attached hydrogens (tertiary/aromatic N) is 2. The molecular weight excluding hydrogens is 372 g/mol. The van der Waals surface area contributed by atoms with Gasteiger partial charge in [0.15, 0.2) is 0 Å². The van der Waals surface area contributed by atoms with Crippen LogP contribution in [0.15, 0.2) is 60.8 Å². The highest BCUT2D eigenvalue weighted by molar-refractivity contribution is 6.00. The lowest BCUT2D eigenvalue weighted by Crippen LogP contribution is -2.29. The van der Waals surface area contributed by atoms with Gasteiger partial charge in [0, 0.05) is 49.6 Å². The molecule has 4 heteroatoms. The van der Waals surface area contributed by atoms with E-state index in [0.29, 0.717) is 12.8 Å². The summed E-state index contributed by atoms with van der Waals surface area (Å²) in [7, 11) is 1.66. The molecule has 0 N–H and O–H groups in total. The van der Waals surface area contributed by atoms with Gasteiger partial charge in [0.2, 0.25) is 5.91 Å². The van der Waals surface area contributed by atoms with Crippen LogP contribution >= 0.6 is 0 Å². The van der Waals surface area contributed by atoms with Gasteiger partial charge < -0.3 is 4.74 Å². The zero-order chi connectivity index (χ0) is 20.9. The van der Waals surface area contributed by atoms with Gasteiger partial charge >= 0.3 is 0 Å². The van der Waals surface area contributed by atoms with Crippen molar-refractivity contribution in [2.24, 2.45) is 0 Å². The summed E-state index contributed by atoms with van der Waals surface area (Å²) in [6.07, 6.45) is 11.4. The molecule has 0 fully saturated rings. The van der Waals surface area contributed by atoms with Gasteiger partial charge in [0.25, 0.3) is 0 Å². The number of carbonyl (C=O) groups excluding carboxylic acids is 1. The maximum Gasteiger partial charge on any atom is 0.232 e. The minimum atomic E-state index is 0.0203. The zero-order valence-electron chi connectivity index (χ0n) is 17.3. The van der Waals surface area contributed by atoms with E-state index in [2.05, 4.69) is 41.2 Å². The third-order valence-electron chi connectivity index (χ3n) is 5.59. The number of terminal acetylenes is 1. The first-order valence-electron chi connectivity index (χ1n) is 10.3. The molecule has 0 atom stereocenters. The normalized spacial score (nSPS) is 14.3. The Hall–Kier alpha value is -3.29. The minimum Gasteiger partial charge on any atom is -0.497 e. The third kappa shape index (κ3) is 4.17. The molecule has 0 amide bonds. The lowest BCUT2D eigenvalue weighted by atomic mass is 10.00. The van der Waals surface area contributed by atoms with Gasteiger partial charge in [0.1, 0.15) is 5.75 Å². The van der Waals surface area contributed by atoms with Crippen molar-refractivity contribution in [1.29, 1.82) is 0 Å². The predicted molar refractivity (Wildman–Crippen MR) is 121 cm³/mol. The highest BCUT2D eigenvalue weighted by Crippen LogP contribution is 2.33. The Morgan fingerprint density at radius 2 is 2.03 bits per heavy atom. The van der Waals surface area contributed by atoms with Gasteiger partial charge in [-0.25, -0.2) is 0 Å². The van der Waals surface area contributed by atoms with Gasteiger partial charge in [-0.2, -0.15) is 0 Å². The van der Waals surface area contributed by atoms with E-state index in [1.807, 2.05) is 30.5 Å². The van der Waals surface area contributed by atoms with Crippen molar-refractivity contribution < 1.29 is 9.53 Å². The van der Waals surface area contributed by atoms with Crippen LogP contribution in [0.4, 0.5) is 0 Å². The molecule has 4 rings (SSSR count). The maximum absolute atomic E-state index is 12.8. The van der Waals surface area contributed by atoms with Crippen LogP contribution in [-0.2, 0) is 6.54 Å². The molecule has 1 aliphatic heterocycles. The molecule has 0 aliphatic carbocycles. The smallest absolute Gasteiger partial charge is 0.232 e. The summed E-state index contributed by atoms with van der Waals surface area (Å²) in [6.45, 7) is 2.80. The van der Waals surface area contributed by atoms with Gasteiger partial charge in [-0.3, -0.25) is 14.3 Å². The van der Waals surface area contributed by atoms with Crippen molar-refractivity contribution in [2.45, 2.75) is 25.8 Å². The highest BCUT2D eigenvalue weighted by atomic mass is 16.5. The molecule has 1 aromatic heterocycles. The summed E-state index contributed by atoms with van der Waals surface area (Å²) >= 11 is 0. The van der Waals surface area contributed by atoms with Crippen molar-refractivity contribution in [3.05, 3.63) is 71.9 Å². The molecule has 30 heavy (non-hydrogen) atoms. The summed E-state index contributed by atoms with van der Waals surface area (Å²) in [4.78, 5) is 15.2. The number of benzene rings is 2. The van der Waals surface area contributed by atoms with Crippen molar-refractivity contribution in [3.8, 4) is 18.1 Å². The van der Waals surface area contributed by atoms with Crippen LogP contribution in [0.5, 0.6) is 5.75 Å². The first-order valence-corrected chi connectivity index (χ1v) is 10.3. The number of hydrogen-bond donors (Lipinski definition) is 0. The number of ether oxygens (including phenoxy) is 1. The van der Waals surface area contributed by atoms with E-state index >= 15 is 0 Å². The monoisotopic (exact) mass is 398 g/mol. The van der Waals surface area contributed by atoms with Crippen LogP contribution in [0.25, 0.3) is 16.5 Å². The molecule has 4 nitrogen and oxygen atoms in total. The van der Waals surface area contributed by atoms with Crippen LogP contribution in [0.2, 0.25) is 0 Å². The number of hydrogen-bond acceptors (Lipinski definition) is 3. The summed E-state index contributed by atoms with van der Waals surface area (Å²) < 4.78 is 7.20. The average molecular weight is 399 g/mol. The van der Waals surface area contributed by atoms with E-state index in [4.69, 9.17) is 11.2 Å². The largest absolute Gasteiger partial charge is 0.497 e. The fraction of sp³-hybridized carbons (Fsp3) is 0.269. The molecule has 0 saturated heterocycles. The van der Waals surface area contributed by atoms with E-state index < -0.39 is 0 Å². The van der Waals surface area contributed by atoms with Crippen LogP contribution in [-0.4, -0.2) is 35.6 Å². The molecule has 0 saturated carbocycles. The number of aromatic nitrogens is 1. The minimum absolute atomic E-state index is 0.0203. The standard InChI is InChI=1S/C26H26N2O2/c1-3-4-12-26(29)28-19-24(23-16-22(30-2)13-14-25(23)28)21-11-8-15-27(18-21)17-20-9-6-5-7-10-20/h1,5-7,9-11,13-14,16,19H,4,8,12,15,17-18H2,2H3. The van der Waals surface area contributed by atoms with Crippen molar-refractivity contribution in [3.63, 3.8) is 0 Å². The first-order chi connectivity index (χ1) is 14.7. The SMILES string of the molecule is C#CCCC(=O)n1cc(C2=CCCN(Cc3ccccc3)C2)c2cc(OC)ccc21. The molecule has 0 spiro atoms. The van der Waals surface area contributed by atoms with Crippen LogP contribution in [0.1, 0.15) is 35.2 Å². The molecule has 0 bridgehead atoms.